The topological polar surface area (TPSA) is 73.9 Å². The zero-order chi connectivity index (χ0) is 16.3. The molecule has 0 aliphatic heterocycles. The van der Waals surface area contributed by atoms with E-state index in [-0.39, 0.29) is 12.0 Å². The number of hydrogen-bond acceptors (Lipinski definition) is 5. The van der Waals surface area contributed by atoms with Crippen molar-refractivity contribution in [3.8, 4) is 5.75 Å². The van der Waals surface area contributed by atoms with E-state index in [4.69, 9.17) is 9.47 Å². The Labute approximate surface area is 129 Å². The van der Waals surface area contributed by atoms with E-state index in [1.165, 1.54) is 7.11 Å². The van der Waals surface area contributed by atoms with E-state index in [0.717, 1.165) is 12.0 Å². The lowest BCUT2D eigenvalue weighted by Gasteiger charge is -2.19. The number of carbonyl (C=O) groups is 2. The standard InChI is InChI=1S/C16H21NO5/c1-16(2,3)22-15(19)21-13-8-6-5-7-10(13)11-9-12(11)17-14(18)20-4/h5-8,11-12H,9H2,1-4H3,(H,17,18)/t11-,12+/m0/s1. The summed E-state index contributed by atoms with van der Waals surface area (Å²) in [7, 11) is 1.33. The van der Waals surface area contributed by atoms with Gasteiger partial charge < -0.3 is 19.5 Å². The summed E-state index contributed by atoms with van der Waals surface area (Å²) in [4.78, 5) is 23.0. The van der Waals surface area contributed by atoms with Crippen LogP contribution >= 0.6 is 0 Å². The maximum Gasteiger partial charge on any atom is 0.514 e. The number of methoxy groups -OCH3 is 1. The third-order valence-corrected chi connectivity index (χ3v) is 3.18. The summed E-state index contributed by atoms with van der Waals surface area (Å²) in [5.74, 6) is 0.564. The van der Waals surface area contributed by atoms with Gasteiger partial charge in [0, 0.05) is 17.5 Å². The Morgan fingerprint density at radius 3 is 2.55 bits per heavy atom. The molecule has 1 fully saturated rings. The minimum absolute atomic E-state index is 0.00386. The lowest BCUT2D eigenvalue weighted by Crippen LogP contribution is -2.27. The van der Waals surface area contributed by atoms with Crippen molar-refractivity contribution in [3.05, 3.63) is 29.8 Å². The Kier molecular flexibility index (Phi) is 4.59. The first kappa shape index (κ1) is 16.1. The zero-order valence-corrected chi connectivity index (χ0v) is 13.2. The van der Waals surface area contributed by atoms with Crippen LogP contribution in [0.3, 0.4) is 0 Å². The van der Waals surface area contributed by atoms with Gasteiger partial charge in [0.25, 0.3) is 0 Å². The molecule has 1 saturated carbocycles. The van der Waals surface area contributed by atoms with Crippen LogP contribution in [0.5, 0.6) is 5.75 Å². The van der Waals surface area contributed by atoms with E-state index in [2.05, 4.69) is 10.1 Å². The maximum absolute atomic E-state index is 11.8. The molecule has 0 aromatic heterocycles. The van der Waals surface area contributed by atoms with Crippen LogP contribution in [-0.2, 0) is 9.47 Å². The largest absolute Gasteiger partial charge is 0.514 e. The lowest BCUT2D eigenvalue weighted by molar-refractivity contribution is 0.0204. The van der Waals surface area contributed by atoms with Crippen LogP contribution in [0.15, 0.2) is 24.3 Å². The van der Waals surface area contributed by atoms with E-state index in [9.17, 15) is 9.59 Å². The average molecular weight is 307 g/mol. The van der Waals surface area contributed by atoms with Crippen molar-refractivity contribution in [1.82, 2.24) is 5.32 Å². The minimum Gasteiger partial charge on any atom is -0.453 e. The molecule has 0 saturated heterocycles. The molecule has 1 N–H and O–H groups in total. The molecule has 1 aromatic rings. The van der Waals surface area contributed by atoms with Crippen molar-refractivity contribution in [2.75, 3.05) is 7.11 Å². The van der Waals surface area contributed by atoms with Gasteiger partial charge in [-0.25, -0.2) is 9.59 Å². The fraction of sp³-hybridized carbons (Fsp3) is 0.500. The maximum atomic E-state index is 11.8. The molecule has 22 heavy (non-hydrogen) atoms. The summed E-state index contributed by atoms with van der Waals surface area (Å²) in [5.41, 5.74) is 0.260. The molecule has 6 heteroatoms. The van der Waals surface area contributed by atoms with Crippen molar-refractivity contribution < 1.29 is 23.8 Å². The van der Waals surface area contributed by atoms with Gasteiger partial charge in [-0.3, -0.25) is 0 Å². The van der Waals surface area contributed by atoms with Crippen molar-refractivity contribution in [3.63, 3.8) is 0 Å². The van der Waals surface area contributed by atoms with E-state index in [0.29, 0.717) is 5.75 Å². The van der Waals surface area contributed by atoms with E-state index in [1.807, 2.05) is 12.1 Å². The van der Waals surface area contributed by atoms with E-state index >= 15 is 0 Å². The van der Waals surface area contributed by atoms with Crippen LogP contribution in [-0.4, -0.2) is 31.0 Å². The van der Waals surface area contributed by atoms with Crippen LogP contribution in [0.1, 0.15) is 38.7 Å². The average Bonchev–Trinajstić information content (AvgIpc) is 3.16. The van der Waals surface area contributed by atoms with Gasteiger partial charge in [-0.15, -0.1) is 0 Å². The highest BCUT2D eigenvalue weighted by molar-refractivity contribution is 5.69. The first-order valence-corrected chi connectivity index (χ1v) is 7.14. The number of benzene rings is 1. The third kappa shape index (κ3) is 4.38. The number of hydrogen-bond donors (Lipinski definition) is 1. The van der Waals surface area contributed by atoms with Crippen LogP contribution in [0.2, 0.25) is 0 Å². The van der Waals surface area contributed by atoms with E-state index in [1.54, 1.807) is 32.9 Å². The second-order valence-corrected chi connectivity index (χ2v) is 6.19. The number of rotatable bonds is 3. The van der Waals surface area contributed by atoms with Crippen molar-refractivity contribution in [2.45, 2.75) is 44.8 Å². The molecule has 0 bridgehead atoms. The van der Waals surface area contributed by atoms with Gasteiger partial charge in [-0.2, -0.15) is 0 Å². The molecule has 2 rings (SSSR count). The normalized spacial score (nSPS) is 20.0. The molecule has 120 valence electrons. The summed E-state index contributed by atoms with van der Waals surface area (Å²) in [5, 5.41) is 2.74. The highest BCUT2D eigenvalue weighted by Crippen LogP contribution is 2.44. The first-order valence-electron chi connectivity index (χ1n) is 7.14. The molecule has 1 aliphatic rings. The quantitative estimate of drug-likeness (QED) is 0.685. The second-order valence-electron chi connectivity index (χ2n) is 6.19. The van der Waals surface area contributed by atoms with Gasteiger partial charge in [0.2, 0.25) is 0 Å². The minimum atomic E-state index is -0.738. The van der Waals surface area contributed by atoms with Crippen LogP contribution in [0, 0.1) is 0 Å². The second kappa shape index (κ2) is 6.25. The highest BCUT2D eigenvalue weighted by Gasteiger charge is 2.41. The van der Waals surface area contributed by atoms with Gasteiger partial charge in [0.05, 0.1) is 7.11 Å². The molecule has 1 aliphatic carbocycles. The SMILES string of the molecule is COC(=O)N[C@@H]1C[C@H]1c1ccccc1OC(=O)OC(C)(C)C. The van der Waals surface area contributed by atoms with Gasteiger partial charge in [0.1, 0.15) is 11.4 Å². The number of ether oxygens (including phenoxy) is 3. The molecule has 1 amide bonds. The van der Waals surface area contributed by atoms with Crippen LogP contribution < -0.4 is 10.1 Å². The Hall–Kier alpha value is -2.24. The number of carbonyl (C=O) groups excluding carboxylic acids is 2. The molecule has 6 nitrogen and oxygen atoms in total. The predicted molar refractivity (Wildman–Crippen MR) is 80.0 cm³/mol. The fourth-order valence-electron chi connectivity index (χ4n) is 2.15. The summed E-state index contributed by atoms with van der Waals surface area (Å²) in [6, 6.07) is 7.24. The Morgan fingerprint density at radius 2 is 1.91 bits per heavy atom. The molecule has 0 heterocycles. The van der Waals surface area contributed by atoms with Crippen molar-refractivity contribution >= 4 is 12.2 Å². The molecular weight excluding hydrogens is 286 g/mol. The Morgan fingerprint density at radius 1 is 1.23 bits per heavy atom. The third-order valence-electron chi connectivity index (χ3n) is 3.18. The summed E-state index contributed by atoms with van der Waals surface area (Å²) < 4.78 is 15.0. The zero-order valence-electron chi connectivity index (χ0n) is 13.2. The van der Waals surface area contributed by atoms with Gasteiger partial charge in [0.15, 0.2) is 0 Å². The molecule has 2 atom stereocenters. The van der Waals surface area contributed by atoms with Crippen molar-refractivity contribution in [2.24, 2.45) is 0 Å². The highest BCUT2D eigenvalue weighted by atomic mass is 16.7. The number of para-hydroxylation sites is 1. The molecular formula is C16H21NO5. The van der Waals surface area contributed by atoms with Gasteiger partial charge in [-0.1, -0.05) is 18.2 Å². The number of alkyl carbamates (subject to hydrolysis) is 1. The van der Waals surface area contributed by atoms with E-state index < -0.39 is 17.8 Å². The van der Waals surface area contributed by atoms with Gasteiger partial charge in [-0.05, 0) is 33.3 Å². The monoisotopic (exact) mass is 307 g/mol. The summed E-state index contributed by atoms with van der Waals surface area (Å²) in [6.45, 7) is 5.33. The number of amides is 1. The predicted octanol–water partition coefficient (Wildman–Crippen LogP) is 3.21. The van der Waals surface area contributed by atoms with Crippen LogP contribution in [0.25, 0.3) is 0 Å². The number of nitrogens with one attached hydrogen (secondary N) is 1. The lowest BCUT2D eigenvalue weighted by atomic mass is 10.1. The molecule has 0 spiro atoms. The smallest absolute Gasteiger partial charge is 0.453 e. The first-order chi connectivity index (χ1) is 10.3. The van der Waals surface area contributed by atoms with Crippen LogP contribution in [0.4, 0.5) is 9.59 Å². The summed E-state index contributed by atoms with van der Waals surface area (Å²) in [6.07, 6.45) is -0.416. The van der Waals surface area contributed by atoms with Gasteiger partial charge >= 0.3 is 12.2 Å². The Balaban J connectivity index is 2.03. The molecule has 1 aromatic carbocycles. The molecule has 0 unspecified atom stereocenters. The van der Waals surface area contributed by atoms with Crippen molar-refractivity contribution in [1.29, 1.82) is 0 Å². The summed E-state index contributed by atoms with van der Waals surface area (Å²) >= 11 is 0. The Bertz CT molecular complexity index is 564. The fourth-order valence-corrected chi connectivity index (χ4v) is 2.15. The molecule has 0 radical (unpaired) electrons.